The van der Waals surface area contributed by atoms with Crippen molar-refractivity contribution in [3.05, 3.63) is 65.7 Å². The van der Waals surface area contributed by atoms with Gasteiger partial charge in [0.15, 0.2) is 5.71 Å². The fraction of sp³-hybridized carbons (Fsp3) is 0.227. The van der Waals surface area contributed by atoms with Gasteiger partial charge in [-0.15, -0.1) is 0 Å². The molecule has 8 nitrogen and oxygen atoms in total. The fourth-order valence-electron chi connectivity index (χ4n) is 2.99. The van der Waals surface area contributed by atoms with E-state index >= 15 is 0 Å². The van der Waals surface area contributed by atoms with E-state index in [9.17, 15) is 4.79 Å². The summed E-state index contributed by atoms with van der Waals surface area (Å²) in [6, 6.07) is 16.7. The average molecular weight is 409 g/mol. The minimum absolute atomic E-state index is 0.0684. The van der Waals surface area contributed by atoms with Crippen LogP contribution < -0.4 is 9.47 Å². The molecule has 1 aromatic heterocycles. The molecule has 0 aliphatic carbocycles. The van der Waals surface area contributed by atoms with Crippen molar-refractivity contribution in [1.29, 1.82) is 0 Å². The largest absolute Gasteiger partial charge is 0.496 e. The Kier molecular flexibility index (Phi) is 6.69. The zero-order valence-corrected chi connectivity index (χ0v) is 17.3. The van der Waals surface area contributed by atoms with Gasteiger partial charge in [-0.05, 0) is 17.7 Å². The van der Waals surface area contributed by atoms with Crippen LogP contribution in [-0.4, -0.2) is 42.8 Å². The Morgan fingerprint density at radius 1 is 1.07 bits per heavy atom. The van der Waals surface area contributed by atoms with E-state index in [0.29, 0.717) is 11.4 Å². The number of carbonyl (C=O) groups excluding carboxylic acids is 1. The number of nitrogens with zero attached hydrogens (tertiary/aromatic N) is 3. The Bertz CT molecular complexity index is 1060. The number of methoxy groups -OCH3 is 2. The number of benzene rings is 2. The summed E-state index contributed by atoms with van der Waals surface area (Å²) >= 11 is 0. The molecule has 0 saturated carbocycles. The highest BCUT2D eigenvalue weighted by molar-refractivity contribution is 6.43. The third-order valence-electron chi connectivity index (χ3n) is 4.43. The van der Waals surface area contributed by atoms with E-state index in [1.54, 1.807) is 31.0 Å². The Hall–Kier alpha value is -3.81. The maximum Gasteiger partial charge on any atom is 0.360 e. The quantitative estimate of drug-likeness (QED) is 0.323. The molecule has 0 bridgehead atoms. The third kappa shape index (κ3) is 4.43. The Balaban J connectivity index is 1.86. The lowest BCUT2D eigenvalue weighted by atomic mass is 10.0. The Labute approximate surface area is 174 Å². The Morgan fingerprint density at radius 3 is 2.53 bits per heavy atom. The van der Waals surface area contributed by atoms with E-state index in [2.05, 4.69) is 10.3 Å². The first-order chi connectivity index (χ1) is 14.6. The Morgan fingerprint density at radius 2 is 1.80 bits per heavy atom. The number of rotatable bonds is 8. The molecule has 8 heteroatoms. The molecule has 3 rings (SSSR count). The summed E-state index contributed by atoms with van der Waals surface area (Å²) in [7, 11) is 6.09. The van der Waals surface area contributed by atoms with Crippen LogP contribution in [-0.2, 0) is 28.0 Å². The van der Waals surface area contributed by atoms with Crippen molar-refractivity contribution in [1.82, 2.24) is 9.78 Å². The van der Waals surface area contributed by atoms with Gasteiger partial charge < -0.3 is 19.0 Å². The van der Waals surface area contributed by atoms with Crippen molar-refractivity contribution >= 4 is 11.7 Å². The van der Waals surface area contributed by atoms with Gasteiger partial charge in [-0.25, -0.2) is 9.48 Å². The summed E-state index contributed by atoms with van der Waals surface area (Å²) in [6.07, 6.45) is 0. The number of esters is 1. The third-order valence-corrected chi connectivity index (χ3v) is 4.43. The molecule has 156 valence electrons. The summed E-state index contributed by atoms with van der Waals surface area (Å²) in [5.74, 6) is 0.697. The molecule has 0 radical (unpaired) electrons. The van der Waals surface area contributed by atoms with Crippen LogP contribution in [0.15, 0.2) is 59.8 Å². The van der Waals surface area contributed by atoms with Crippen LogP contribution in [0, 0.1) is 0 Å². The standard InChI is InChI=1S/C22H23N3O5/c1-25-20(13-18(23-25)17-11-7-8-12-19(17)27-2)30-14-15-9-5-6-10-16(15)21(24-29-4)22(26)28-3/h5-13H,14H2,1-4H3/b24-21+. The lowest BCUT2D eigenvalue weighted by molar-refractivity contribution is -0.132. The van der Waals surface area contributed by atoms with E-state index in [-0.39, 0.29) is 12.3 Å². The second kappa shape index (κ2) is 9.60. The minimum Gasteiger partial charge on any atom is -0.496 e. The number of hydrogen-bond acceptors (Lipinski definition) is 7. The smallest absolute Gasteiger partial charge is 0.360 e. The highest BCUT2D eigenvalue weighted by atomic mass is 16.6. The monoisotopic (exact) mass is 409 g/mol. The van der Waals surface area contributed by atoms with Gasteiger partial charge >= 0.3 is 5.97 Å². The van der Waals surface area contributed by atoms with E-state index in [1.807, 2.05) is 42.5 Å². The van der Waals surface area contributed by atoms with Crippen LogP contribution in [0.1, 0.15) is 11.1 Å². The van der Waals surface area contributed by atoms with Crippen molar-refractivity contribution in [3.63, 3.8) is 0 Å². The van der Waals surface area contributed by atoms with E-state index in [4.69, 9.17) is 19.0 Å². The van der Waals surface area contributed by atoms with Crippen LogP contribution in [0.25, 0.3) is 11.3 Å². The van der Waals surface area contributed by atoms with Crippen LogP contribution in [0.3, 0.4) is 0 Å². The maximum atomic E-state index is 12.1. The molecule has 0 aliphatic rings. The molecule has 0 unspecified atom stereocenters. The molecule has 0 aliphatic heterocycles. The van der Waals surface area contributed by atoms with Gasteiger partial charge in [0.05, 0.1) is 19.9 Å². The first-order valence-corrected chi connectivity index (χ1v) is 9.17. The number of aromatic nitrogens is 2. The average Bonchev–Trinajstić information content (AvgIpc) is 3.16. The lowest BCUT2D eigenvalue weighted by Crippen LogP contribution is -2.20. The van der Waals surface area contributed by atoms with Gasteiger partial charge in [-0.2, -0.15) is 5.10 Å². The van der Waals surface area contributed by atoms with Crippen molar-refractivity contribution < 1.29 is 23.8 Å². The van der Waals surface area contributed by atoms with Crippen molar-refractivity contribution in [2.24, 2.45) is 12.2 Å². The first kappa shape index (κ1) is 20.9. The number of oxime groups is 1. The van der Waals surface area contributed by atoms with Crippen molar-refractivity contribution in [3.8, 4) is 22.9 Å². The highest BCUT2D eigenvalue weighted by Crippen LogP contribution is 2.31. The number of hydrogen-bond donors (Lipinski definition) is 0. The highest BCUT2D eigenvalue weighted by Gasteiger charge is 2.20. The molecule has 0 N–H and O–H groups in total. The van der Waals surface area contributed by atoms with Crippen molar-refractivity contribution in [2.45, 2.75) is 6.61 Å². The number of carbonyl (C=O) groups is 1. The summed E-state index contributed by atoms with van der Waals surface area (Å²) in [4.78, 5) is 16.9. The van der Waals surface area contributed by atoms with Crippen LogP contribution in [0.2, 0.25) is 0 Å². The fourth-order valence-corrected chi connectivity index (χ4v) is 2.99. The SMILES string of the molecule is CO/N=C(/C(=O)OC)c1ccccc1COc1cc(-c2ccccc2OC)nn1C. The van der Waals surface area contributed by atoms with Crippen molar-refractivity contribution in [2.75, 3.05) is 21.3 Å². The molecule has 0 spiro atoms. The van der Waals surface area contributed by atoms with Gasteiger partial charge in [-0.3, -0.25) is 0 Å². The molecule has 0 atom stereocenters. The second-order valence-corrected chi connectivity index (χ2v) is 6.25. The topological polar surface area (TPSA) is 84.2 Å². The second-order valence-electron chi connectivity index (χ2n) is 6.25. The molecule has 3 aromatic rings. The molecule has 2 aromatic carbocycles. The minimum atomic E-state index is -0.594. The molecule has 0 saturated heterocycles. The number of aryl methyl sites for hydroxylation is 1. The normalized spacial score (nSPS) is 11.1. The van der Waals surface area contributed by atoms with Gasteiger partial charge in [0, 0.05) is 24.2 Å². The lowest BCUT2D eigenvalue weighted by Gasteiger charge is -2.11. The zero-order chi connectivity index (χ0) is 21.5. The molecule has 30 heavy (non-hydrogen) atoms. The van der Waals surface area contributed by atoms with Gasteiger partial charge in [0.1, 0.15) is 19.5 Å². The van der Waals surface area contributed by atoms with E-state index in [1.165, 1.54) is 14.2 Å². The summed E-state index contributed by atoms with van der Waals surface area (Å²) in [5, 5.41) is 8.34. The predicted octanol–water partition coefficient (Wildman–Crippen LogP) is 3.20. The number of para-hydroxylation sites is 1. The maximum absolute atomic E-state index is 12.1. The van der Waals surface area contributed by atoms with Gasteiger partial charge in [0.25, 0.3) is 0 Å². The zero-order valence-electron chi connectivity index (χ0n) is 17.3. The molecular weight excluding hydrogens is 386 g/mol. The summed E-state index contributed by atoms with van der Waals surface area (Å²) in [6.45, 7) is 0.195. The van der Waals surface area contributed by atoms with Gasteiger partial charge in [-0.1, -0.05) is 41.6 Å². The van der Waals surface area contributed by atoms with Crippen LogP contribution in [0.4, 0.5) is 0 Å². The molecule has 1 heterocycles. The van der Waals surface area contributed by atoms with Gasteiger partial charge in [0.2, 0.25) is 5.88 Å². The number of ether oxygens (including phenoxy) is 3. The van der Waals surface area contributed by atoms with E-state index in [0.717, 1.165) is 22.6 Å². The summed E-state index contributed by atoms with van der Waals surface area (Å²) < 4.78 is 17.9. The molecule has 0 amide bonds. The van der Waals surface area contributed by atoms with E-state index < -0.39 is 5.97 Å². The first-order valence-electron chi connectivity index (χ1n) is 9.17. The van der Waals surface area contributed by atoms with Crippen LogP contribution in [0.5, 0.6) is 11.6 Å². The predicted molar refractivity (Wildman–Crippen MR) is 112 cm³/mol. The molecule has 0 fully saturated rings. The van der Waals surface area contributed by atoms with Crippen LogP contribution >= 0.6 is 0 Å². The molecular formula is C22H23N3O5. The summed E-state index contributed by atoms with van der Waals surface area (Å²) in [5.41, 5.74) is 2.98.